The van der Waals surface area contributed by atoms with Crippen LogP contribution in [0.5, 0.6) is 0 Å². The summed E-state index contributed by atoms with van der Waals surface area (Å²) >= 11 is 0. The highest BCUT2D eigenvalue weighted by molar-refractivity contribution is 5.89. The molecule has 0 aromatic rings. The topological polar surface area (TPSA) is 83.6 Å². The van der Waals surface area contributed by atoms with Crippen molar-refractivity contribution in [1.82, 2.24) is 4.90 Å². The van der Waals surface area contributed by atoms with Gasteiger partial charge in [-0.25, -0.2) is 4.79 Å². The van der Waals surface area contributed by atoms with Gasteiger partial charge in [0.2, 0.25) is 5.91 Å². The quantitative estimate of drug-likeness (QED) is 0.778. The lowest BCUT2D eigenvalue weighted by Gasteiger charge is -2.42. The van der Waals surface area contributed by atoms with E-state index in [1.807, 2.05) is 6.92 Å². The van der Waals surface area contributed by atoms with Crippen molar-refractivity contribution in [2.75, 3.05) is 6.54 Å². The monoisotopic (exact) mass is 256 g/mol. The third-order valence-electron chi connectivity index (χ3n) is 3.80. The van der Waals surface area contributed by atoms with E-state index in [4.69, 9.17) is 5.73 Å². The molecule has 104 valence electrons. The van der Waals surface area contributed by atoms with Gasteiger partial charge in [0.1, 0.15) is 5.54 Å². The van der Waals surface area contributed by atoms with Gasteiger partial charge < -0.3 is 15.7 Å². The Morgan fingerprint density at radius 3 is 2.67 bits per heavy atom. The predicted molar refractivity (Wildman–Crippen MR) is 69.1 cm³/mol. The maximum atomic E-state index is 12.3. The van der Waals surface area contributed by atoms with Crippen LogP contribution < -0.4 is 5.73 Å². The minimum Gasteiger partial charge on any atom is -0.480 e. The number of aliphatic carboxylic acids is 1. The molecule has 1 aliphatic rings. The standard InChI is InChI=1S/C13H24N2O3/c1-3-4-7-10(14)11(16)15-9-6-5-8-13(15,2)12(17)18/h10H,3-9,14H2,1-2H3,(H,17,18). The van der Waals surface area contributed by atoms with Gasteiger partial charge in [-0.3, -0.25) is 4.79 Å². The Balaban J connectivity index is 2.77. The number of amides is 1. The van der Waals surface area contributed by atoms with E-state index >= 15 is 0 Å². The fourth-order valence-corrected chi connectivity index (χ4v) is 2.44. The van der Waals surface area contributed by atoms with E-state index in [1.54, 1.807) is 6.92 Å². The van der Waals surface area contributed by atoms with E-state index in [9.17, 15) is 14.7 Å². The van der Waals surface area contributed by atoms with Crippen LogP contribution in [0, 0.1) is 0 Å². The van der Waals surface area contributed by atoms with E-state index in [0.717, 1.165) is 25.7 Å². The van der Waals surface area contributed by atoms with Gasteiger partial charge in [0, 0.05) is 6.54 Å². The molecule has 0 aromatic carbocycles. The molecular formula is C13H24N2O3. The summed E-state index contributed by atoms with van der Waals surface area (Å²) in [6.45, 7) is 4.17. The summed E-state index contributed by atoms with van der Waals surface area (Å²) in [4.78, 5) is 25.1. The number of likely N-dealkylation sites (tertiary alicyclic amines) is 1. The fourth-order valence-electron chi connectivity index (χ4n) is 2.44. The Bertz CT molecular complexity index is 319. The number of carbonyl (C=O) groups is 2. The summed E-state index contributed by atoms with van der Waals surface area (Å²) in [5.74, 6) is -1.15. The minimum absolute atomic E-state index is 0.215. The Morgan fingerprint density at radius 1 is 1.44 bits per heavy atom. The van der Waals surface area contributed by atoms with Gasteiger partial charge in [0.15, 0.2) is 0 Å². The number of unbranched alkanes of at least 4 members (excludes halogenated alkanes) is 1. The van der Waals surface area contributed by atoms with Crippen molar-refractivity contribution in [1.29, 1.82) is 0 Å². The minimum atomic E-state index is -1.08. The van der Waals surface area contributed by atoms with Crippen LogP contribution in [-0.4, -0.2) is 40.0 Å². The molecule has 0 aliphatic carbocycles. The van der Waals surface area contributed by atoms with Crippen LogP contribution >= 0.6 is 0 Å². The summed E-state index contributed by atoms with van der Waals surface area (Å²) in [6, 6.07) is -0.568. The van der Waals surface area contributed by atoms with E-state index < -0.39 is 17.6 Å². The zero-order valence-corrected chi connectivity index (χ0v) is 11.3. The van der Waals surface area contributed by atoms with E-state index in [-0.39, 0.29) is 5.91 Å². The molecule has 2 atom stereocenters. The average molecular weight is 256 g/mol. The van der Waals surface area contributed by atoms with Crippen LogP contribution in [0.25, 0.3) is 0 Å². The highest BCUT2D eigenvalue weighted by Gasteiger charge is 2.44. The maximum absolute atomic E-state index is 12.3. The van der Waals surface area contributed by atoms with E-state index in [0.29, 0.717) is 19.4 Å². The molecule has 1 saturated heterocycles. The third kappa shape index (κ3) is 3.02. The Morgan fingerprint density at radius 2 is 2.11 bits per heavy atom. The highest BCUT2D eigenvalue weighted by atomic mass is 16.4. The van der Waals surface area contributed by atoms with E-state index in [1.165, 1.54) is 4.90 Å². The molecule has 0 aromatic heterocycles. The number of carboxylic acids is 1. The Labute approximate surface area is 108 Å². The van der Waals surface area contributed by atoms with Crippen molar-refractivity contribution in [3.05, 3.63) is 0 Å². The van der Waals surface area contributed by atoms with Crippen LogP contribution in [-0.2, 0) is 9.59 Å². The second-order valence-electron chi connectivity index (χ2n) is 5.27. The van der Waals surface area contributed by atoms with Crippen LogP contribution in [0.2, 0.25) is 0 Å². The summed E-state index contributed by atoms with van der Waals surface area (Å²) in [5.41, 5.74) is 4.79. The molecule has 1 rings (SSSR count). The molecule has 18 heavy (non-hydrogen) atoms. The Hall–Kier alpha value is -1.10. The number of nitrogens with two attached hydrogens (primary N) is 1. The van der Waals surface area contributed by atoms with Gasteiger partial charge in [-0.05, 0) is 32.6 Å². The second-order valence-corrected chi connectivity index (χ2v) is 5.27. The highest BCUT2D eigenvalue weighted by Crippen LogP contribution is 2.29. The number of piperidine rings is 1. The molecule has 0 spiro atoms. The van der Waals surface area contributed by atoms with Crippen LogP contribution in [0.1, 0.15) is 52.4 Å². The zero-order valence-electron chi connectivity index (χ0n) is 11.3. The molecule has 5 nitrogen and oxygen atoms in total. The summed E-state index contributed by atoms with van der Waals surface area (Å²) in [7, 11) is 0. The first kappa shape index (κ1) is 15.0. The fraction of sp³-hybridized carbons (Fsp3) is 0.846. The first-order valence-electron chi connectivity index (χ1n) is 6.74. The maximum Gasteiger partial charge on any atom is 0.329 e. The number of carbonyl (C=O) groups excluding carboxylic acids is 1. The van der Waals surface area contributed by atoms with Crippen LogP contribution in [0.3, 0.4) is 0 Å². The average Bonchev–Trinajstić information content (AvgIpc) is 2.35. The largest absolute Gasteiger partial charge is 0.480 e. The number of nitrogens with zero attached hydrogens (tertiary/aromatic N) is 1. The van der Waals surface area contributed by atoms with Gasteiger partial charge in [-0.2, -0.15) is 0 Å². The lowest BCUT2D eigenvalue weighted by Crippen LogP contribution is -2.60. The molecule has 0 radical (unpaired) electrons. The lowest BCUT2D eigenvalue weighted by molar-refractivity contribution is -0.161. The van der Waals surface area contributed by atoms with E-state index in [2.05, 4.69) is 0 Å². The molecule has 1 fully saturated rings. The lowest BCUT2D eigenvalue weighted by atomic mass is 9.87. The Kier molecular flexibility index (Phi) is 5.14. The molecule has 1 amide bonds. The zero-order chi connectivity index (χ0) is 13.8. The molecule has 0 saturated carbocycles. The summed E-state index contributed by atoms with van der Waals surface area (Å²) in [6.07, 6.45) is 4.71. The summed E-state index contributed by atoms with van der Waals surface area (Å²) < 4.78 is 0. The third-order valence-corrected chi connectivity index (χ3v) is 3.80. The normalized spacial score (nSPS) is 25.8. The summed E-state index contributed by atoms with van der Waals surface area (Å²) in [5, 5.41) is 9.34. The molecule has 1 aliphatic heterocycles. The molecular weight excluding hydrogens is 232 g/mol. The van der Waals surface area contributed by atoms with Crippen molar-refractivity contribution in [3.63, 3.8) is 0 Å². The predicted octanol–water partition coefficient (Wildman–Crippen LogP) is 1.36. The number of hydrogen-bond acceptors (Lipinski definition) is 3. The molecule has 2 unspecified atom stereocenters. The van der Waals surface area contributed by atoms with Crippen LogP contribution in [0.4, 0.5) is 0 Å². The van der Waals surface area contributed by atoms with Gasteiger partial charge in [-0.1, -0.05) is 19.8 Å². The number of carboxylic acid groups (broad SMARTS) is 1. The first-order valence-corrected chi connectivity index (χ1v) is 6.74. The first-order chi connectivity index (χ1) is 8.43. The molecule has 3 N–H and O–H groups in total. The van der Waals surface area contributed by atoms with Crippen molar-refractivity contribution in [3.8, 4) is 0 Å². The SMILES string of the molecule is CCCCC(N)C(=O)N1CCCCC1(C)C(=O)O. The smallest absolute Gasteiger partial charge is 0.329 e. The molecule has 0 bridgehead atoms. The molecule has 1 heterocycles. The van der Waals surface area contributed by atoms with Gasteiger partial charge in [-0.15, -0.1) is 0 Å². The van der Waals surface area contributed by atoms with Gasteiger partial charge in [0.25, 0.3) is 0 Å². The number of rotatable bonds is 5. The van der Waals surface area contributed by atoms with Gasteiger partial charge >= 0.3 is 5.97 Å². The van der Waals surface area contributed by atoms with Crippen molar-refractivity contribution < 1.29 is 14.7 Å². The van der Waals surface area contributed by atoms with Crippen LogP contribution in [0.15, 0.2) is 0 Å². The van der Waals surface area contributed by atoms with Gasteiger partial charge in [0.05, 0.1) is 6.04 Å². The van der Waals surface area contributed by atoms with Crippen molar-refractivity contribution in [2.24, 2.45) is 5.73 Å². The number of hydrogen-bond donors (Lipinski definition) is 2. The van der Waals surface area contributed by atoms with Crippen molar-refractivity contribution in [2.45, 2.75) is 64.0 Å². The molecule has 5 heteroatoms. The second kappa shape index (κ2) is 6.18. The van der Waals surface area contributed by atoms with Crippen molar-refractivity contribution >= 4 is 11.9 Å².